The number of nitrogens with zero attached hydrogens (tertiary/aromatic N) is 5. The van der Waals surface area contributed by atoms with E-state index in [9.17, 15) is 4.39 Å². The second-order valence-corrected chi connectivity index (χ2v) is 10.3. The quantitative estimate of drug-likeness (QED) is 0.464. The van der Waals surface area contributed by atoms with Crippen molar-refractivity contribution >= 4 is 11.6 Å². The normalized spacial score (nSPS) is 18.4. The number of anilines is 2. The lowest BCUT2D eigenvalue weighted by molar-refractivity contribution is 0.238. The first-order chi connectivity index (χ1) is 17.2. The second-order valence-electron chi connectivity index (χ2n) is 10.3. The molecule has 0 bridgehead atoms. The second kappa shape index (κ2) is 10.9. The van der Waals surface area contributed by atoms with Gasteiger partial charge in [0, 0.05) is 43.0 Å². The van der Waals surface area contributed by atoms with Crippen LogP contribution in [0.15, 0.2) is 30.7 Å². The third-order valence-corrected chi connectivity index (χ3v) is 6.81. The Bertz CT molecular complexity index is 1190. The van der Waals surface area contributed by atoms with Crippen molar-refractivity contribution < 1.29 is 8.78 Å². The van der Waals surface area contributed by atoms with Crippen LogP contribution in [0.2, 0.25) is 0 Å². The zero-order valence-corrected chi connectivity index (χ0v) is 21.8. The molecule has 0 radical (unpaired) electrons. The molecule has 2 aromatic heterocycles. The van der Waals surface area contributed by atoms with Gasteiger partial charge in [-0.25, -0.2) is 23.7 Å². The van der Waals surface area contributed by atoms with Crippen LogP contribution in [0.3, 0.4) is 0 Å². The van der Waals surface area contributed by atoms with Crippen LogP contribution in [0.5, 0.6) is 0 Å². The highest BCUT2D eigenvalue weighted by atomic mass is 19.1. The number of aryl methyl sites for hydroxylation is 1. The largest absolute Gasteiger partial charge is 0.383 e. The average molecular weight is 498 g/mol. The molecular weight excluding hydrogens is 460 g/mol. The Morgan fingerprint density at radius 1 is 1.19 bits per heavy atom. The molecule has 1 aliphatic heterocycles. The summed E-state index contributed by atoms with van der Waals surface area (Å²) in [6, 6.07) is 5.33. The van der Waals surface area contributed by atoms with E-state index >= 15 is 4.39 Å². The Kier molecular flexibility index (Phi) is 7.88. The smallest absolute Gasteiger partial charge is 0.137 e. The molecule has 3 aromatic rings. The molecule has 0 amide bonds. The molecule has 0 spiro atoms. The number of benzene rings is 1. The number of alkyl halides is 1. The zero-order valence-electron chi connectivity index (χ0n) is 21.8. The fraction of sp³-hybridized carbons (Fsp3) is 0.519. The summed E-state index contributed by atoms with van der Waals surface area (Å²) in [6.07, 6.45) is 2.88. The molecular formula is C27H37F2N7. The predicted molar refractivity (Wildman–Crippen MR) is 140 cm³/mol. The van der Waals surface area contributed by atoms with Crippen molar-refractivity contribution in [1.29, 1.82) is 0 Å². The van der Waals surface area contributed by atoms with E-state index in [1.165, 1.54) is 12.4 Å². The first-order valence-electron chi connectivity index (χ1n) is 12.7. The maximum Gasteiger partial charge on any atom is 0.137 e. The fourth-order valence-electron chi connectivity index (χ4n) is 4.92. The van der Waals surface area contributed by atoms with E-state index in [4.69, 9.17) is 10.7 Å². The van der Waals surface area contributed by atoms with Gasteiger partial charge in [0.1, 0.15) is 35.8 Å². The summed E-state index contributed by atoms with van der Waals surface area (Å²) < 4.78 is 31.7. The van der Waals surface area contributed by atoms with Gasteiger partial charge in [-0.05, 0) is 43.0 Å². The van der Waals surface area contributed by atoms with E-state index in [2.05, 4.69) is 33.7 Å². The molecule has 4 rings (SSSR count). The molecule has 1 fully saturated rings. The number of halogens is 2. The third-order valence-electron chi connectivity index (χ3n) is 6.81. The number of hydrogen-bond donors (Lipinski definition) is 2. The van der Waals surface area contributed by atoms with Crippen LogP contribution < -0.4 is 16.0 Å². The highest BCUT2D eigenvalue weighted by molar-refractivity contribution is 5.60. The van der Waals surface area contributed by atoms with Crippen LogP contribution in [0.25, 0.3) is 11.3 Å². The van der Waals surface area contributed by atoms with Crippen LogP contribution in [0, 0.1) is 12.7 Å². The average Bonchev–Trinajstić information content (AvgIpc) is 3.24. The number of imidazole rings is 1. The number of rotatable bonds is 8. The Morgan fingerprint density at radius 3 is 2.64 bits per heavy atom. The summed E-state index contributed by atoms with van der Waals surface area (Å²) in [5.74, 6) is 1.42. The Hall–Kier alpha value is -3.07. The van der Waals surface area contributed by atoms with Crippen molar-refractivity contribution in [3.8, 4) is 11.3 Å². The number of piperidine rings is 1. The minimum atomic E-state index is -1.13. The lowest BCUT2D eigenvalue weighted by Gasteiger charge is -2.36. The van der Waals surface area contributed by atoms with Crippen molar-refractivity contribution in [2.24, 2.45) is 0 Å². The van der Waals surface area contributed by atoms with Crippen molar-refractivity contribution in [1.82, 2.24) is 24.8 Å². The van der Waals surface area contributed by atoms with E-state index < -0.39 is 6.17 Å². The van der Waals surface area contributed by atoms with Crippen LogP contribution >= 0.6 is 0 Å². The van der Waals surface area contributed by atoms with Crippen LogP contribution in [0.1, 0.15) is 62.9 Å². The number of hydrogen-bond acceptors (Lipinski definition) is 6. The molecule has 1 aromatic carbocycles. The first-order valence-corrected chi connectivity index (χ1v) is 12.7. The number of nitrogens with one attached hydrogen (secondary N) is 1. The molecule has 0 unspecified atom stereocenters. The van der Waals surface area contributed by atoms with Crippen LogP contribution in [-0.2, 0) is 6.54 Å². The van der Waals surface area contributed by atoms with Crippen molar-refractivity contribution in [3.63, 3.8) is 0 Å². The maximum atomic E-state index is 15.8. The van der Waals surface area contributed by atoms with Crippen molar-refractivity contribution in [2.45, 2.75) is 71.6 Å². The SMILES string of the molecule is Cc1cc(-c2cn(CCNC(C)C)c([C@@H]3CCN(c4ncnc(N)c4C(C)C)C[C@@H]3F)n2)ccc1F. The van der Waals surface area contributed by atoms with Gasteiger partial charge >= 0.3 is 0 Å². The zero-order chi connectivity index (χ0) is 26.0. The van der Waals surface area contributed by atoms with Gasteiger partial charge in [-0.15, -0.1) is 0 Å². The highest BCUT2D eigenvalue weighted by Gasteiger charge is 2.35. The van der Waals surface area contributed by atoms with Gasteiger partial charge in [0.15, 0.2) is 0 Å². The summed E-state index contributed by atoms with van der Waals surface area (Å²) in [7, 11) is 0. The lowest BCUT2D eigenvalue weighted by atomic mass is 9.93. The molecule has 3 heterocycles. The Balaban J connectivity index is 1.61. The number of aromatic nitrogens is 4. The van der Waals surface area contributed by atoms with Crippen LogP contribution in [0.4, 0.5) is 20.4 Å². The van der Waals surface area contributed by atoms with E-state index in [0.717, 1.165) is 29.2 Å². The van der Waals surface area contributed by atoms with Gasteiger partial charge in [0.05, 0.1) is 18.2 Å². The molecule has 0 saturated carbocycles. The summed E-state index contributed by atoms with van der Waals surface area (Å²) in [4.78, 5) is 15.5. The summed E-state index contributed by atoms with van der Waals surface area (Å²) in [6.45, 7) is 12.3. The number of nitrogens with two attached hydrogens (primary N) is 1. The fourth-order valence-corrected chi connectivity index (χ4v) is 4.92. The molecule has 1 saturated heterocycles. The molecule has 9 heteroatoms. The van der Waals surface area contributed by atoms with Gasteiger partial charge in [-0.1, -0.05) is 27.7 Å². The first kappa shape index (κ1) is 26.0. The standard InChI is InChI=1S/C27H37F2N7/c1-16(2)24-25(30)32-15-33-27(24)35-10-8-20(22(29)13-35)26-34-23(14-36(26)11-9-31-17(3)4)19-6-7-21(28)18(5)12-19/h6-7,12,14-17,20,22,31H,8-11,13H2,1-5H3,(H2,30,32,33)/t20-,22+/m1/s1. The molecule has 3 N–H and O–H groups in total. The maximum absolute atomic E-state index is 15.8. The predicted octanol–water partition coefficient (Wildman–Crippen LogP) is 4.82. The minimum absolute atomic E-state index is 0.131. The molecule has 7 nitrogen and oxygen atoms in total. The summed E-state index contributed by atoms with van der Waals surface area (Å²) in [5.41, 5.74) is 9.12. The molecule has 1 aliphatic rings. The molecule has 194 valence electrons. The lowest BCUT2D eigenvalue weighted by Crippen LogP contribution is -2.42. The summed E-state index contributed by atoms with van der Waals surface area (Å²) >= 11 is 0. The minimum Gasteiger partial charge on any atom is -0.383 e. The van der Waals surface area contributed by atoms with Crippen molar-refractivity contribution in [2.75, 3.05) is 30.3 Å². The molecule has 0 aliphatic carbocycles. The van der Waals surface area contributed by atoms with Crippen LogP contribution in [-0.4, -0.2) is 51.4 Å². The Morgan fingerprint density at radius 2 is 1.97 bits per heavy atom. The summed E-state index contributed by atoms with van der Waals surface area (Å²) in [5, 5.41) is 3.43. The van der Waals surface area contributed by atoms with Gasteiger partial charge in [-0.2, -0.15) is 0 Å². The van der Waals surface area contributed by atoms with Gasteiger partial charge in [-0.3, -0.25) is 0 Å². The van der Waals surface area contributed by atoms with E-state index in [0.29, 0.717) is 42.8 Å². The van der Waals surface area contributed by atoms with E-state index in [-0.39, 0.29) is 24.2 Å². The van der Waals surface area contributed by atoms with Gasteiger partial charge in [0.25, 0.3) is 0 Å². The van der Waals surface area contributed by atoms with Gasteiger partial charge in [0.2, 0.25) is 0 Å². The van der Waals surface area contributed by atoms with E-state index in [1.54, 1.807) is 19.1 Å². The topological polar surface area (TPSA) is 84.9 Å². The highest BCUT2D eigenvalue weighted by Crippen LogP contribution is 2.36. The monoisotopic (exact) mass is 497 g/mol. The van der Waals surface area contributed by atoms with E-state index in [1.807, 2.05) is 24.9 Å². The number of nitrogen functional groups attached to an aromatic ring is 1. The van der Waals surface area contributed by atoms with Crippen molar-refractivity contribution in [3.05, 3.63) is 53.5 Å². The molecule has 2 atom stereocenters. The Labute approximate surface area is 212 Å². The molecule has 36 heavy (non-hydrogen) atoms. The van der Waals surface area contributed by atoms with Gasteiger partial charge < -0.3 is 20.5 Å². The third kappa shape index (κ3) is 5.51.